The van der Waals surface area contributed by atoms with Crippen molar-refractivity contribution >= 4 is 11.6 Å². The Bertz CT molecular complexity index is 504. The molecular weight excluding hydrogens is 288 g/mol. The van der Waals surface area contributed by atoms with Gasteiger partial charge in [-0.1, -0.05) is 37.6 Å². The van der Waals surface area contributed by atoms with Crippen molar-refractivity contribution in [1.29, 1.82) is 0 Å². The van der Waals surface area contributed by atoms with E-state index >= 15 is 0 Å². The van der Waals surface area contributed by atoms with Gasteiger partial charge in [0.1, 0.15) is 0 Å². The molecule has 0 heterocycles. The molecule has 0 spiro atoms. The van der Waals surface area contributed by atoms with E-state index in [0.717, 1.165) is 29.6 Å². The third kappa shape index (κ3) is 2.02. The highest BCUT2D eigenvalue weighted by molar-refractivity contribution is 6.17. The lowest BCUT2D eigenvalue weighted by atomic mass is 9.48. The highest BCUT2D eigenvalue weighted by Crippen LogP contribution is 2.65. The van der Waals surface area contributed by atoms with Crippen LogP contribution >= 0.6 is 11.6 Å². The number of fused-ring (bicyclic) bond motifs is 5. The molecule has 0 aliphatic heterocycles. The van der Waals surface area contributed by atoms with Gasteiger partial charge in [-0.2, -0.15) is 0 Å². The first-order valence-electron chi connectivity index (χ1n) is 9.53. The van der Waals surface area contributed by atoms with Crippen LogP contribution in [0, 0.1) is 34.5 Å². The summed E-state index contributed by atoms with van der Waals surface area (Å²) in [4.78, 5) is 0. The molecule has 0 aromatic carbocycles. The zero-order valence-corrected chi connectivity index (χ0v) is 15.0. The molecule has 0 nitrogen and oxygen atoms in total. The van der Waals surface area contributed by atoms with Gasteiger partial charge in [0.05, 0.1) is 0 Å². The van der Waals surface area contributed by atoms with Gasteiger partial charge in [0, 0.05) is 11.3 Å². The minimum absolute atomic E-state index is 0.382. The summed E-state index contributed by atoms with van der Waals surface area (Å²) in [5.74, 6) is 4.51. The molecule has 0 saturated heterocycles. The minimum atomic E-state index is 0.382. The summed E-state index contributed by atoms with van der Waals surface area (Å²) in [5, 5.41) is 0. The van der Waals surface area contributed by atoms with E-state index in [9.17, 15) is 0 Å². The first kappa shape index (κ1) is 15.3. The Kier molecular flexibility index (Phi) is 3.76. The van der Waals surface area contributed by atoms with Crippen molar-refractivity contribution in [3.8, 4) is 0 Å². The van der Waals surface area contributed by atoms with Crippen LogP contribution in [0.3, 0.4) is 0 Å². The average molecular weight is 319 g/mol. The number of hydrogen-bond acceptors (Lipinski definition) is 0. The molecular formula is C21H31Cl. The van der Waals surface area contributed by atoms with Crippen molar-refractivity contribution in [2.75, 3.05) is 5.88 Å². The zero-order valence-electron chi connectivity index (χ0n) is 14.3. The van der Waals surface area contributed by atoms with Crippen LogP contribution in [0.1, 0.15) is 65.2 Å². The standard InChI is InChI=1S/C21H31Cl/c1-20-12-4-3-5-15(20)6-8-17-18-9-7-16(11-14-22)21(18,2)13-10-19(17)20/h4,6,12,16-19H,3,5,7-11,13-14H2,1-2H3/t16-,17+,18+,19+,20+,21-/m1/s1. The molecule has 6 atom stereocenters. The molecule has 4 rings (SSSR count). The van der Waals surface area contributed by atoms with Gasteiger partial charge in [-0.15, -0.1) is 11.6 Å². The largest absolute Gasteiger partial charge is 0.127 e. The van der Waals surface area contributed by atoms with Gasteiger partial charge in [-0.05, 0) is 80.5 Å². The van der Waals surface area contributed by atoms with E-state index in [1.54, 1.807) is 5.57 Å². The maximum Gasteiger partial charge on any atom is 0.0226 e. The minimum Gasteiger partial charge on any atom is -0.127 e. The molecule has 2 saturated carbocycles. The van der Waals surface area contributed by atoms with Gasteiger partial charge in [0.2, 0.25) is 0 Å². The number of alkyl halides is 1. The van der Waals surface area contributed by atoms with E-state index in [1.165, 1.54) is 51.4 Å². The Hall–Kier alpha value is -0.230. The molecule has 0 aromatic heterocycles. The van der Waals surface area contributed by atoms with Crippen LogP contribution in [0.15, 0.2) is 23.8 Å². The summed E-state index contributed by atoms with van der Waals surface area (Å²) in [6.07, 6.45) is 18.6. The maximum absolute atomic E-state index is 6.11. The molecule has 0 aromatic rings. The van der Waals surface area contributed by atoms with E-state index in [0.29, 0.717) is 10.8 Å². The van der Waals surface area contributed by atoms with Crippen LogP contribution in [0.4, 0.5) is 0 Å². The molecule has 2 fully saturated rings. The molecule has 4 aliphatic rings. The summed E-state index contributed by atoms with van der Waals surface area (Å²) < 4.78 is 0. The lowest BCUT2D eigenvalue weighted by Crippen LogP contribution is -2.48. The third-order valence-electron chi connectivity index (χ3n) is 8.23. The Morgan fingerprint density at radius 1 is 1.18 bits per heavy atom. The molecule has 0 amide bonds. The number of hydrogen-bond donors (Lipinski definition) is 0. The quantitative estimate of drug-likeness (QED) is 0.410. The fourth-order valence-corrected chi connectivity index (χ4v) is 7.24. The molecule has 0 unspecified atom stereocenters. The lowest BCUT2D eigenvalue weighted by Gasteiger charge is -2.56. The van der Waals surface area contributed by atoms with E-state index in [4.69, 9.17) is 11.6 Å². The van der Waals surface area contributed by atoms with Crippen LogP contribution in [0.2, 0.25) is 0 Å². The fraction of sp³-hybridized carbons (Fsp3) is 0.810. The van der Waals surface area contributed by atoms with Gasteiger partial charge in [0.15, 0.2) is 0 Å². The molecule has 4 aliphatic carbocycles. The fourth-order valence-electron chi connectivity index (χ4n) is 6.98. The SMILES string of the molecule is C[C@]12CC[C@H]3[C@@H](CC=C4CCC=C[C@@]43C)[C@@H]1CC[C@@H]2CCCl. The van der Waals surface area contributed by atoms with Crippen molar-refractivity contribution < 1.29 is 0 Å². The van der Waals surface area contributed by atoms with Crippen molar-refractivity contribution in [3.05, 3.63) is 23.8 Å². The number of halogens is 1. The molecule has 0 N–H and O–H groups in total. The summed E-state index contributed by atoms with van der Waals surface area (Å²) in [6, 6.07) is 0. The van der Waals surface area contributed by atoms with E-state index < -0.39 is 0 Å². The van der Waals surface area contributed by atoms with Crippen LogP contribution in [0.5, 0.6) is 0 Å². The van der Waals surface area contributed by atoms with Crippen LogP contribution in [-0.2, 0) is 0 Å². The van der Waals surface area contributed by atoms with Gasteiger partial charge < -0.3 is 0 Å². The Labute approximate surface area is 141 Å². The van der Waals surface area contributed by atoms with Gasteiger partial charge in [-0.25, -0.2) is 0 Å². The second kappa shape index (κ2) is 5.40. The summed E-state index contributed by atoms with van der Waals surface area (Å²) in [7, 11) is 0. The summed E-state index contributed by atoms with van der Waals surface area (Å²) >= 11 is 6.11. The first-order chi connectivity index (χ1) is 10.6. The van der Waals surface area contributed by atoms with Gasteiger partial charge >= 0.3 is 0 Å². The van der Waals surface area contributed by atoms with Crippen molar-refractivity contribution in [2.45, 2.75) is 65.2 Å². The zero-order chi connectivity index (χ0) is 15.4. The molecule has 122 valence electrons. The monoisotopic (exact) mass is 318 g/mol. The second-order valence-corrected chi connectivity index (χ2v) is 9.24. The Morgan fingerprint density at radius 2 is 2.05 bits per heavy atom. The third-order valence-corrected chi connectivity index (χ3v) is 8.45. The van der Waals surface area contributed by atoms with Crippen LogP contribution in [-0.4, -0.2) is 5.88 Å². The predicted octanol–water partition coefficient (Wildman–Crippen LogP) is 6.36. The normalized spacial score (nSPS) is 50.0. The van der Waals surface area contributed by atoms with Crippen molar-refractivity contribution in [1.82, 2.24) is 0 Å². The lowest BCUT2D eigenvalue weighted by molar-refractivity contribution is -0.0231. The molecule has 22 heavy (non-hydrogen) atoms. The maximum atomic E-state index is 6.11. The van der Waals surface area contributed by atoms with Crippen molar-refractivity contribution in [3.63, 3.8) is 0 Å². The number of allylic oxidation sites excluding steroid dienone is 4. The number of rotatable bonds is 2. The molecule has 0 bridgehead atoms. The molecule has 1 heteroatoms. The Morgan fingerprint density at radius 3 is 2.86 bits per heavy atom. The second-order valence-electron chi connectivity index (χ2n) is 8.86. The average Bonchev–Trinajstić information content (AvgIpc) is 2.84. The van der Waals surface area contributed by atoms with Gasteiger partial charge in [0.25, 0.3) is 0 Å². The van der Waals surface area contributed by atoms with Crippen LogP contribution < -0.4 is 0 Å². The highest BCUT2D eigenvalue weighted by Gasteiger charge is 2.57. The smallest absolute Gasteiger partial charge is 0.0226 e. The topological polar surface area (TPSA) is 0 Å². The first-order valence-corrected chi connectivity index (χ1v) is 10.1. The van der Waals surface area contributed by atoms with Crippen LogP contribution in [0.25, 0.3) is 0 Å². The predicted molar refractivity (Wildman–Crippen MR) is 95.1 cm³/mol. The highest BCUT2D eigenvalue weighted by atomic mass is 35.5. The van der Waals surface area contributed by atoms with E-state index in [2.05, 4.69) is 32.1 Å². The summed E-state index contributed by atoms with van der Waals surface area (Å²) in [6.45, 7) is 5.15. The Balaban J connectivity index is 1.65. The van der Waals surface area contributed by atoms with E-state index in [1.807, 2.05) is 0 Å². The van der Waals surface area contributed by atoms with E-state index in [-0.39, 0.29) is 0 Å². The molecule has 0 radical (unpaired) electrons. The summed E-state index contributed by atoms with van der Waals surface area (Å²) in [5.41, 5.74) is 2.72. The van der Waals surface area contributed by atoms with Gasteiger partial charge in [-0.3, -0.25) is 0 Å². The van der Waals surface area contributed by atoms with Crippen molar-refractivity contribution in [2.24, 2.45) is 34.5 Å².